The molecule has 8 heteroatoms. The predicted octanol–water partition coefficient (Wildman–Crippen LogP) is 4.87. The summed E-state index contributed by atoms with van der Waals surface area (Å²) in [6.45, 7) is 3.34. The van der Waals surface area contributed by atoms with E-state index in [0.717, 1.165) is 20.3 Å². The van der Waals surface area contributed by atoms with Crippen LogP contribution in [-0.4, -0.2) is 34.2 Å². The maximum atomic E-state index is 13.7. The number of methoxy groups -OCH3 is 1. The molecule has 3 aromatic rings. The Kier molecular flexibility index (Phi) is 7.48. The molecule has 0 fully saturated rings. The molecule has 168 valence electrons. The zero-order chi connectivity index (χ0) is 23.3. The molecule has 0 unspecified atom stereocenters. The van der Waals surface area contributed by atoms with Crippen LogP contribution >= 0.6 is 11.8 Å². The predicted molar refractivity (Wildman–Crippen MR) is 130 cm³/mol. The number of sulfonamides is 1. The van der Waals surface area contributed by atoms with E-state index in [9.17, 15) is 13.2 Å². The summed E-state index contributed by atoms with van der Waals surface area (Å²) in [7, 11) is -2.67. The van der Waals surface area contributed by atoms with Gasteiger partial charge >= 0.3 is 0 Å². The number of benzene rings is 3. The fraction of sp³-hybridized carbons (Fsp3) is 0.208. The quantitative estimate of drug-likeness (QED) is 0.476. The number of carbonyl (C=O) groups is 1. The van der Waals surface area contributed by atoms with E-state index in [-0.39, 0.29) is 17.2 Å². The van der Waals surface area contributed by atoms with Gasteiger partial charge in [-0.3, -0.25) is 9.10 Å². The zero-order valence-electron chi connectivity index (χ0n) is 18.5. The summed E-state index contributed by atoms with van der Waals surface area (Å²) in [5.41, 5.74) is 2.76. The van der Waals surface area contributed by atoms with Crippen molar-refractivity contribution >= 4 is 39.1 Å². The molecule has 0 aliphatic carbocycles. The molecule has 0 aliphatic rings. The average molecular weight is 471 g/mol. The minimum atomic E-state index is -4.09. The summed E-state index contributed by atoms with van der Waals surface area (Å²) in [4.78, 5) is 13.9. The molecule has 0 saturated heterocycles. The second kappa shape index (κ2) is 10.1. The van der Waals surface area contributed by atoms with Crippen molar-refractivity contribution in [3.8, 4) is 5.75 Å². The van der Waals surface area contributed by atoms with Crippen LogP contribution in [0.2, 0.25) is 0 Å². The Morgan fingerprint density at radius 2 is 1.69 bits per heavy atom. The molecule has 0 aromatic heterocycles. The Hall–Kier alpha value is -2.97. The van der Waals surface area contributed by atoms with Gasteiger partial charge in [0.25, 0.3) is 10.0 Å². The Labute approximate surface area is 193 Å². The van der Waals surface area contributed by atoms with Crippen molar-refractivity contribution in [1.29, 1.82) is 0 Å². The molecular formula is C24H26N2O4S2. The zero-order valence-corrected chi connectivity index (χ0v) is 20.1. The molecule has 1 amide bonds. The number of anilines is 2. The monoisotopic (exact) mass is 470 g/mol. The van der Waals surface area contributed by atoms with Crippen LogP contribution < -0.4 is 14.4 Å². The molecule has 32 heavy (non-hydrogen) atoms. The molecule has 0 saturated carbocycles. The van der Waals surface area contributed by atoms with Crippen molar-refractivity contribution in [2.45, 2.75) is 23.6 Å². The maximum Gasteiger partial charge on any atom is 0.268 e. The number of hydrogen-bond donors (Lipinski definition) is 1. The van der Waals surface area contributed by atoms with Gasteiger partial charge in [0.2, 0.25) is 5.91 Å². The average Bonchev–Trinajstić information content (AvgIpc) is 2.78. The van der Waals surface area contributed by atoms with Crippen molar-refractivity contribution in [2.75, 3.05) is 29.5 Å². The van der Waals surface area contributed by atoms with Crippen LogP contribution in [0.1, 0.15) is 11.1 Å². The fourth-order valence-corrected chi connectivity index (χ4v) is 5.29. The topological polar surface area (TPSA) is 75.7 Å². The number of thioether (sulfide) groups is 1. The minimum Gasteiger partial charge on any atom is -0.495 e. The van der Waals surface area contributed by atoms with Gasteiger partial charge in [-0.2, -0.15) is 0 Å². The SMILES string of the molecule is COc1ccc(C)cc1S(=O)(=O)N(CC(=O)Nc1cccc(SC)c1)c1ccc(C)cc1. The fourth-order valence-electron chi connectivity index (χ4n) is 3.16. The largest absolute Gasteiger partial charge is 0.495 e. The van der Waals surface area contributed by atoms with Gasteiger partial charge in [0, 0.05) is 10.6 Å². The number of nitrogens with zero attached hydrogens (tertiary/aromatic N) is 1. The summed E-state index contributed by atoms with van der Waals surface area (Å²) >= 11 is 1.56. The lowest BCUT2D eigenvalue weighted by Gasteiger charge is -2.25. The summed E-state index contributed by atoms with van der Waals surface area (Å²) in [5.74, 6) is -0.222. The molecule has 0 radical (unpaired) electrons. The van der Waals surface area contributed by atoms with E-state index in [0.29, 0.717) is 11.4 Å². The van der Waals surface area contributed by atoms with Crippen LogP contribution in [0.5, 0.6) is 5.75 Å². The number of rotatable bonds is 8. The highest BCUT2D eigenvalue weighted by Gasteiger charge is 2.30. The van der Waals surface area contributed by atoms with Crippen LogP contribution in [0.4, 0.5) is 11.4 Å². The van der Waals surface area contributed by atoms with E-state index in [4.69, 9.17) is 4.74 Å². The van der Waals surface area contributed by atoms with Gasteiger partial charge in [-0.05, 0) is 68.1 Å². The van der Waals surface area contributed by atoms with Gasteiger partial charge in [0.1, 0.15) is 17.2 Å². The number of ether oxygens (including phenoxy) is 1. The van der Waals surface area contributed by atoms with E-state index >= 15 is 0 Å². The molecule has 0 heterocycles. The van der Waals surface area contributed by atoms with Crippen LogP contribution in [0, 0.1) is 13.8 Å². The minimum absolute atomic E-state index is 0.0118. The summed E-state index contributed by atoms with van der Waals surface area (Å²) in [5, 5.41) is 2.80. The third-order valence-electron chi connectivity index (χ3n) is 4.85. The first kappa shape index (κ1) is 23.7. The number of hydrogen-bond acceptors (Lipinski definition) is 5. The molecule has 0 bridgehead atoms. The molecular weight excluding hydrogens is 444 g/mol. The normalized spacial score (nSPS) is 11.1. The number of carbonyl (C=O) groups excluding carboxylic acids is 1. The third-order valence-corrected chi connectivity index (χ3v) is 7.37. The van der Waals surface area contributed by atoms with Gasteiger partial charge < -0.3 is 10.1 Å². The van der Waals surface area contributed by atoms with Gasteiger partial charge in [0.05, 0.1) is 12.8 Å². The van der Waals surface area contributed by atoms with Crippen LogP contribution in [0.3, 0.4) is 0 Å². The molecule has 0 spiro atoms. The van der Waals surface area contributed by atoms with Crippen molar-refractivity contribution in [2.24, 2.45) is 0 Å². The standard InChI is InChI=1S/C24H26N2O4S2/c1-17-8-11-20(12-9-17)26(16-24(27)25-19-6-5-7-21(15-19)31-4)32(28,29)23-14-18(2)10-13-22(23)30-3/h5-15H,16H2,1-4H3,(H,25,27). The van der Waals surface area contributed by atoms with Crippen molar-refractivity contribution < 1.29 is 17.9 Å². The molecule has 0 atom stereocenters. The smallest absolute Gasteiger partial charge is 0.268 e. The Bertz CT molecular complexity index is 1210. The van der Waals surface area contributed by atoms with Crippen molar-refractivity contribution in [3.05, 3.63) is 77.9 Å². The summed E-state index contributed by atoms with van der Waals surface area (Å²) in [6.07, 6.45) is 1.95. The molecule has 6 nitrogen and oxygen atoms in total. The Morgan fingerprint density at radius 1 is 1.00 bits per heavy atom. The Balaban J connectivity index is 2.00. The molecule has 1 N–H and O–H groups in total. The van der Waals surface area contributed by atoms with Crippen molar-refractivity contribution in [3.63, 3.8) is 0 Å². The number of amides is 1. The highest BCUT2D eigenvalue weighted by molar-refractivity contribution is 7.98. The molecule has 3 aromatic carbocycles. The first-order valence-electron chi connectivity index (χ1n) is 9.92. The Morgan fingerprint density at radius 3 is 2.34 bits per heavy atom. The molecule has 3 rings (SSSR count). The van der Waals surface area contributed by atoms with Crippen LogP contribution in [-0.2, 0) is 14.8 Å². The van der Waals surface area contributed by atoms with Gasteiger partial charge in [-0.25, -0.2) is 8.42 Å². The highest BCUT2D eigenvalue weighted by atomic mass is 32.2. The van der Waals surface area contributed by atoms with Crippen molar-refractivity contribution in [1.82, 2.24) is 0 Å². The number of nitrogens with one attached hydrogen (secondary N) is 1. The maximum absolute atomic E-state index is 13.7. The first-order valence-corrected chi connectivity index (χ1v) is 12.6. The van der Waals surface area contributed by atoms with Gasteiger partial charge in [-0.1, -0.05) is 29.8 Å². The second-order valence-corrected chi connectivity index (χ2v) is 9.99. The molecule has 0 aliphatic heterocycles. The second-order valence-electron chi connectivity index (χ2n) is 7.28. The highest BCUT2D eigenvalue weighted by Crippen LogP contribution is 2.31. The van der Waals surface area contributed by atoms with Crippen LogP contribution in [0.15, 0.2) is 76.5 Å². The summed E-state index contributed by atoms with van der Waals surface area (Å²) < 4.78 is 33.8. The van der Waals surface area contributed by atoms with E-state index in [1.54, 1.807) is 55.1 Å². The van der Waals surface area contributed by atoms with E-state index in [2.05, 4.69) is 5.32 Å². The lowest BCUT2D eigenvalue weighted by Crippen LogP contribution is -2.38. The summed E-state index contributed by atoms with van der Waals surface area (Å²) in [6, 6.07) is 19.3. The van der Waals surface area contributed by atoms with Crippen LogP contribution in [0.25, 0.3) is 0 Å². The van der Waals surface area contributed by atoms with Gasteiger partial charge in [0.15, 0.2) is 0 Å². The van der Waals surface area contributed by atoms with Gasteiger partial charge in [-0.15, -0.1) is 11.8 Å². The number of aryl methyl sites for hydroxylation is 2. The first-order chi connectivity index (χ1) is 15.2. The lowest BCUT2D eigenvalue weighted by molar-refractivity contribution is -0.114. The van der Waals surface area contributed by atoms with E-state index in [1.807, 2.05) is 43.5 Å². The lowest BCUT2D eigenvalue weighted by atomic mass is 10.2. The third kappa shape index (κ3) is 5.44. The van der Waals surface area contributed by atoms with E-state index in [1.165, 1.54) is 7.11 Å². The van der Waals surface area contributed by atoms with E-state index < -0.39 is 15.9 Å².